The maximum absolute atomic E-state index is 6.51. The third-order valence-corrected chi connectivity index (χ3v) is 27.5. The van der Waals surface area contributed by atoms with Gasteiger partial charge in [-0.15, -0.1) is 22.2 Å². The SMILES string of the molecule is CC[Si](Cl)(Cl)[Si](CC)(CC)CC. The molecule has 12 heavy (non-hydrogen) atoms. The van der Waals surface area contributed by atoms with E-state index in [-0.39, 0.29) is 0 Å². The zero-order valence-corrected chi connectivity index (χ0v) is 12.1. The molecule has 0 aromatic rings. The summed E-state index contributed by atoms with van der Waals surface area (Å²) in [5, 5.41) is 0. The minimum atomic E-state index is -1.87. The first-order valence-electron chi connectivity index (χ1n) is 4.87. The van der Waals surface area contributed by atoms with Crippen molar-refractivity contribution >= 4 is 36.0 Å². The molecule has 0 saturated heterocycles. The smallest absolute Gasteiger partial charge is 0.150 e. The fourth-order valence-electron chi connectivity index (χ4n) is 1.90. The molecule has 0 heterocycles. The van der Waals surface area contributed by atoms with Gasteiger partial charge in [0.05, 0.1) is 7.59 Å². The molecule has 0 aromatic carbocycles. The van der Waals surface area contributed by atoms with Gasteiger partial charge in [0, 0.05) is 0 Å². The maximum atomic E-state index is 6.51. The van der Waals surface area contributed by atoms with Gasteiger partial charge in [0.25, 0.3) is 0 Å². The highest BCUT2D eigenvalue weighted by molar-refractivity contribution is 7.75. The van der Waals surface area contributed by atoms with Gasteiger partial charge in [0.1, 0.15) is 0 Å². The highest BCUT2D eigenvalue weighted by atomic mass is 35.7. The molecule has 0 amide bonds. The van der Waals surface area contributed by atoms with Gasteiger partial charge in [-0.2, -0.15) is 0 Å². The molecule has 0 aliphatic rings. The van der Waals surface area contributed by atoms with Crippen LogP contribution >= 0.6 is 22.2 Å². The van der Waals surface area contributed by atoms with Crippen LogP contribution in [-0.4, -0.2) is 13.8 Å². The van der Waals surface area contributed by atoms with E-state index in [1.807, 2.05) is 0 Å². The van der Waals surface area contributed by atoms with Crippen molar-refractivity contribution in [3.63, 3.8) is 0 Å². The van der Waals surface area contributed by atoms with Crippen LogP contribution in [0.15, 0.2) is 0 Å². The molecule has 0 aromatic heterocycles. The average Bonchev–Trinajstić information content (AvgIpc) is 2.08. The van der Waals surface area contributed by atoms with E-state index < -0.39 is 13.8 Å². The molecule has 0 atom stereocenters. The number of hydrogen-bond donors (Lipinski definition) is 0. The van der Waals surface area contributed by atoms with Gasteiger partial charge in [0.15, 0.2) is 0 Å². The Hall–Kier alpha value is 1.01. The molecular weight excluding hydrogens is 223 g/mol. The summed E-state index contributed by atoms with van der Waals surface area (Å²) in [6.07, 6.45) is -1.87. The third-order valence-electron chi connectivity index (χ3n) is 3.25. The second kappa shape index (κ2) is 5.03. The van der Waals surface area contributed by atoms with E-state index in [4.69, 9.17) is 22.2 Å². The van der Waals surface area contributed by atoms with Crippen LogP contribution in [0.25, 0.3) is 0 Å². The zero-order valence-electron chi connectivity index (χ0n) is 8.58. The molecule has 4 heteroatoms. The highest BCUT2D eigenvalue weighted by Crippen LogP contribution is 2.38. The molecule has 0 bridgehead atoms. The van der Waals surface area contributed by atoms with Crippen LogP contribution in [0.3, 0.4) is 0 Å². The van der Waals surface area contributed by atoms with E-state index in [1.54, 1.807) is 0 Å². The van der Waals surface area contributed by atoms with Crippen molar-refractivity contribution in [3.05, 3.63) is 0 Å². The van der Waals surface area contributed by atoms with Crippen molar-refractivity contribution in [1.29, 1.82) is 0 Å². The van der Waals surface area contributed by atoms with Crippen LogP contribution in [0, 0.1) is 0 Å². The van der Waals surface area contributed by atoms with E-state index in [2.05, 4.69) is 27.7 Å². The van der Waals surface area contributed by atoms with Crippen molar-refractivity contribution in [1.82, 2.24) is 0 Å². The fourth-order valence-corrected chi connectivity index (χ4v) is 19.8. The van der Waals surface area contributed by atoms with Gasteiger partial charge < -0.3 is 0 Å². The van der Waals surface area contributed by atoms with Crippen LogP contribution in [0.1, 0.15) is 27.7 Å². The van der Waals surface area contributed by atoms with Crippen LogP contribution in [0.5, 0.6) is 0 Å². The topological polar surface area (TPSA) is 0 Å². The van der Waals surface area contributed by atoms with Crippen LogP contribution < -0.4 is 0 Å². The molecule has 74 valence electrons. The molecule has 0 fully saturated rings. The minimum absolute atomic E-state index is 1.03. The Kier molecular flexibility index (Phi) is 5.46. The van der Waals surface area contributed by atoms with Crippen LogP contribution in [0.4, 0.5) is 0 Å². The predicted octanol–water partition coefficient (Wildman–Crippen LogP) is 4.51. The fraction of sp³-hybridized carbons (Fsp3) is 1.00. The Morgan fingerprint density at radius 1 is 0.750 bits per heavy atom. The molecule has 0 N–H and O–H groups in total. The summed E-state index contributed by atoms with van der Waals surface area (Å²) < 4.78 is 0. The summed E-state index contributed by atoms with van der Waals surface area (Å²) in [5.74, 6) is 0. The average molecular weight is 243 g/mol. The Morgan fingerprint density at radius 2 is 1.08 bits per heavy atom. The van der Waals surface area contributed by atoms with Gasteiger partial charge in [-0.3, -0.25) is 0 Å². The Morgan fingerprint density at radius 3 is 1.17 bits per heavy atom. The summed E-state index contributed by atoms with van der Waals surface area (Å²) in [5.41, 5.74) is 0. The van der Waals surface area contributed by atoms with E-state index in [1.165, 1.54) is 18.1 Å². The van der Waals surface area contributed by atoms with E-state index >= 15 is 0 Å². The highest BCUT2D eigenvalue weighted by Gasteiger charge is 2.48. The Balaban J connectivity index is 4.69. The first-order chi connectivity index (χ1) is 5.49. The van der Waals surface area contributed by atoms with Crippen LogP contribution in [0.2, 0.25) is 24.2 Å². The minimum Gasteiger partial charge on any atom is -0.150 e. The summed E-state index contributed by atoms with van der Waals surface area (Å²) in [6, 6.07) is 4.80. The molecule has 0 saturated carbocycles. The number of hydrogen-bond acceptors (Lipinski definition) is 0. The van der Waals surface area contributed by atoms with Crippen molar-refractivity contribution < 1.29 is 0 Å². The van der Waals surface area contributed by atoms with E-state index in [0.717, 1.165) is 6.04 Å². The summed E-state index contributed by atoms with van der Waals surface area (Å²) >= 11 is 13.0. The van der Waals surface area contributed by atoms with Gasteiger partial charge in [-0.25, -0.2) is 0 Å². The van der Waals surface area contributed by atoms with Crippen molar-refractivity contribution in [2.45, 2.75) is 51.9 Å². The molecule has 0 aliphatic carbocycles. The molecular formula is C8H20Cl2Si2. The molecule has 0 radical (unpaired) electrons. The second-order valence-corrected chi connectivity index (χ2v) is 22.3. The number of halogens is 2. The Bertz CT molecular complexity index is 125. The standard InChI is InChI=1S/C8H20Cl2Si2/c1-5-11(6-2,7-3)12(9,10)8-4/h5-8H2,1-4H3. The Labute approximate surface area is 87.9 Å². The lowest BCUT2D eigenvalue weighted by atomic mass is 10.9. The van der Waals surface area contributed by atoms with Crippen molar-refractivity contribution in [2.24, 2.45) is 0 Å². The zero-order chi connectivity index (χ0) is 9.83. The van der Waals surface area contributed by atoms with Gasteiger partial charge in [-0.1, -0.05) is 45.8 Å². The molecule has 0 spiro atoms. The van der Waals surface area contributed by atoms with Gasteiger partial charge in [0.2, 0.25) is 6.21 Å². The first kappa shape index (κ1) is 13.0. The predicted molar refractivity (Wildman–Crippen MR) is 65.1 cm³/mol. The monoisotopic (exact) mass is 242 g/mol. The van der Waals surface area contributed by atoms with Crippen molar-refractivity contribution in [3.8, 4) is 0 Å². The van der Waals surface area contributed by atoms with Gasteiger partial charge in [-0.05, 0) is 6.04 Å². The largest absolute Gasteiger partial charge is 0.238 e. The van der Waals surface area contributed by atoms with Crippen molar-refractivity contribution in [2.75, 3.05) is 0 Å². The first-order valence-corrected chi connectivity index (χ1v) is 12.7. The molecule has 0 nitrogen and oxygen atoms in total. The molecule has 0 aliphatic heterocycles. The van der Waals surface area contributed by atoms with Crippen LogP contribution in [-0.2, 0) is 0 Å². The third kappa shape index (κ3) is 2.28. The lowest BCUT2D eigenvalue weighted by molar-refractivity contribution is 1.21. The van der Waals surface area contributed by atoms with E-state index in [9.17, 15) is 0 Å². The molecule has 0 unspecified atom stereocenters. The summed E-state index contributed by atoms with van der Waals surface area (Å²) in [4.78, 5) is 0. The lowest BCUT2D eigenvalue weighted by Gasteiger charge is -2.37. The second-order valence-electron chi connectivity index (χ2n) is 3.40. The normalized spacial score (nSPS) is 13.5. The maximum Gasteiger partial charge on any atom is 0.238 e. The summed E-state index contributed by atoms with van der Waals surface area (Å²) in [6.45, 7) is 8.94. The number of rotatable bonds is 5. The van der Waals surface area contributed by atoms with Gasteiger partial charge >= 0.3 is 0 Å². The quantitative estimate of drug-likeness (QED) is 0.492. The lowest BCUT2D eigenvalue weighted by Crippen LogP contribution is -2.54. The molecule has 0 rings (SSSR count). The van der Waals surface area contributed by atoms with E-state index in [0.29, 0.717) is 0 Å². The summed E-state index contributed by atoms with van der Waals surface area (Å²) in [7, 11) is -1.28.